The molecule has 0 radical (unpaired) electrons. The summed E-state index contributed by atoms with van der Waals surface area (Å²) in [5.74, 6) is 0. The third-order valence-electron chi connectivity index (χ3n) is 2.94. The fourth-order valence-electron chi connectivity index (χ4n) is 2.05. The lowest BCUT2D eigenvalue weighted by Crippen LogP contribution is -2.30. The van der Waals surface area contributed by atoms with E-state index < -0.39 is 0 Å². The van der Waals surface area contributed by atoms with Gasteiger partial charge in [-0.1, -0.05) is 30.3 Å². The van der Waals surface area contributed by atoms with Gasteiger partial charge in [0, 0.05) is 23.8 Å². The van der Waals surface area contributed by atoms with Crippen molar-refractivity contribution in [2.24, 2.45) is 0 Å². The molecule has 17 heavy (non-hydrogen) atoms. The Kier molecular flexibility index (Phi) is 3.94. The first-order valence-electron chi connectivity index (χ1n) is 6.04. The van der Waals surface area contributed by atoms with E-state index in [1.165, 1.54) is 11.1 Å². The van der Waals surface area contributed by atoms with Gasteiger partial charge in [0.15, 0.2) is 0 Å². The van der Waals surface area contributed by atoms with Crippen LogP contribution >= 0.6 is 0 Å². The Bertz CT molecular complexity index is 422. The Morgan fingerprint density at radius 1 is 1.24 bits per heavy atom. The van der Waals surface area contributed by atoms with E-state index in [1.807, 2.05) is 12.4 Å². The molecule has 3 heteroatoms. The van der Waals surface area contributed by atoms with E-state index in [0.717, 1.165) is 6.42 Å². The second-order valence-electron chi connectivity index (χ2n) is 4.51. The molecular weight excluding hydrogens is 210 g/mol. The fourth-order valence-corrected chi connectivity index (χ4v) is 2.05. The van der Waals surface area contributed by atoms with Crippen molar-refractivity contribution >= 4 is 0 Å². The Morgan fingerprint density at radius 3 is 2.65 bits per heavy atom. The molecule has 2 rings (SSSR count). The number of aromatic nitrogens is 2. The molecular formula is C14H19N3. The molecule has 0 saturated carbocycles. The molecule has 1 aromatic heterocycles. The van der Waals surface area contributed by atoms with Gasteiger partial charge < -0.3 is 5.32 Å². The number of H-pyrrole nitrogens is 1. The van der Waals surface area contributed by atoms with Gasteiger partial charge in [0.25, 0.3) is 0 Å². The highest BCUT2D eigenvalue weighted by atomic mass is 15.1. The zero-order chi connectivity index (χ0) is 12.1. The lowest BCUT2D eigenvalue weighted by Gasteiger charge is -2.19. The van der Waals surface area contributed by atoms with Crippen molar-refractivity contribution < 1.29 is 0 Å². The quantitative estimate of drug-likeness (QED) is 0.827. The molecule has 0 fully saturated rings. The normalized spacial score (nSPS) is 14.5. The minimum atomic E-state index is 0.326. The maximum atomic E-state index is 3.97. The van der Waals surface area contributed by atoms with E-state index in [9.17, 15) is 0 Å². The molecule has 0 spiro atoms. The summed E-state index contributed by atoms with van der Waals surface area (Å²) in [6, 6.07) is 11.3. The minimum Gasteiger partial charge on any atom is -0.307 e. The van der Waals surface area contributed by atoms with Crippen LogP contribution < -0.4 is 5.32 Å². The molecule has 2 atom stereocenters. The molecule has 0 bridgehead atoms. The molecule has 0 aliphatic carbocycles. The average Bonchev–Trinajstić information content (AvgIpc) is 2.83. The van der Waals surface area contributed by atoms with Gasteiger partial charge in [0.05, 0.1) is 6.20 Å². The first-order chi connectivity index (χ1) is 8.25. The van der Waals surface area contributed by atoms with Crippen molar-refractivity contribution in [3.05, 3.63) is 53.9 Å². The predicted octanol–water partition coefficient (Wildman–Crippen LogP) is 2.69. The first kappa shape index (κ1) is 11.9. The summed E-state index contributed by atoms with van der Waals surface area (Å²) in [4.78, 5) is 0. The third kappa shape index (κ3) is 3.43. The zero-order valence-corrected chi connectivity index (χ0v) is 10.4. The number of rotatable bonds is 5. The second kappa shape index (κ2) is 5.64. The molecule has 90 valence electrons. The Morgan fingerprint density at radius 2 is 2.00 bits per heavy atom. The zero-order valence-electron chi connectivity index (χ0n) is 10.4. The van der Waals surface area contributed by atoms with Crippen LogP contribution in [-0.4, -0.2) is 16.2 Å². The average molecular weight is 229 g/mol. The van der Waals surface area contributed by atoms with E-state index in [2.05, 4.69) is 59.7 Å². The van der Waals surface area contributed by atoms with Crippen molar-refractivity contribution in [1.82, 2.24) is 15.5 Å². The number of aromatic amines is 1. The number of nitrogens with zero attached hydrogens (tertiary/aromatic N) is 1. The van der Waals surface area contributed by atoms with Gasteiger partial charge in [-0.05, 0) is 25.8 Å². The van der Waals surface area contributed by atoms with E-state index in [1.54, 1.807) is 0 Å². The van der Waals surface area contributed by atoms with Crippen molar-refractivity contribution in [3.63, 3.8) is 0 Å². The SMILES string of the molecule is CC(Cc1ccccc1)NC(C)c1cn[nH]c1. The lowest BCUT2D eigenvalue weighted by molar-refractivity contribution is 0.477. The van der Waals surface area contributed by atoms with Gasteiger partial charge in [-0.2, -0.15) is 5.10 Å². The summed E-state index contributed by atoms with van der Waals surface area (Å²) in [5.41, 5.74) is 2.57. The van der Waals surface area contributed by atoms with Gasteiger partial charge in [-0.25, -0.2) is 0 Å². The topological polar surface area (TPSA) is 40.7 Å². The van der Waals surface area contributed by atoms with E-state index >= 15 is 0 Å². The van der Waals surface area contributed by atoms with E-state index in [-0.39, 0.29) is 0 Å². The second-order valence-corrected chi connectivity index (χ2v) is 4.51. The molecule has 0 amide bonds. The Hall–Kier alpha value is -1.61. The molecule has 2 unspecified atom stereocenters. The maximum Gasteiger partial charge on any atom is 0.0534 e. The van der Waals surface area contributed by atoms with Gasteiger partial charge in [-0.15, -0.1) is 0 Å². The van der Waals surface area contributed by atoms with Crippen molar-refractivity contribution in [1.29, 1.82) is 0 Å². The lowest BCUT2D eigenvalue weighted by atomic mass is 10.1. The number of benzene rings is 1. The third-order valence-corrected chi connectivity index (χ3v) is 2.94. The molecule has 0 aliphatic rings. The summed E-state index contributed by atoms with van der Waals surface area (Å²) in [6.07, 6.45) is 4.85. The first-order valence-corrected chi connectivity index (χ1v) is 6.04. The van der Waals surface area contributed by atoms with Gasteiger partial charge in [-0.3, -0.25) is 5.10 Å². The Balaban J connectivity index is 1.87. The van der Waals surface area contributed by atoms with Crippen molar-refractivity contribution in [3.8, 4) is 0 Å². The highest BCUT2D eigenvalue weighted by molar-refractivity contribution is 5.16. The molecule has 3 nitrogen and oxygen atoms in total. The van der Waals surface area contributed by atoms with Crippen LogP contribution in [0, 0.1) is 0 Å². The fraction of sp³-hybridized carbons (Fsp3) is 0.357. The van der Waals surface area contributed by atoms with Crippen LogP contribution in [0.4, 0.5) is 0 Å². The molecule has 2 aromatic rings. The smallest absolute Gasteiger partial charge is 0.0534 e. The molecule has 0 aliphatic heterocycles. The van der Waals surface area contributed by atoms with Crippen LogP contribution in [0.5, 0.6) is 0 Å². The highest BCUT2D eigenvalue weighted by Gasteiger charge is 2.10. The molecule has 0 saturated heterocycles. The summed E-state index contributed by atoms with van der Waals surface area (Å²) in [5, 5.41) is 10.4. The van der Waals surface area contributed by atoms with Crippen LogP contribution in [0.2, 0.25) is 0 Å². The van der Waals surface area contributed by atoms with E-state index in [4.69, 9.17) is 0 Å². The Labute approximate surface area is 102 Å². The number of nitrogens with one attached hydrogen (secondary N) is 2. The van der Waals surface area contributed by atoms with Crippen LogP contribution in [0.3, 0.4) is 0 Å². The van der Waals surface area contributed by atoms with Gasteiger partial charge in [0.1, 0.15) is 0 Å². The van der Waals surface area contributed by atoms with Crippen LogP contribution in [0.15, 0.2) is 42.7 Å². The summed E-state index contributed by atoms with van der Waals surface area (Å²) < 4.78 is 0. The maximum absolute atomic E-state index is 3.97. The minimum absolute atomic E-state index is 0.326. The van der Waals surface area contributed by atoms with Crippen LogP contribution in [-0.2, 0) is 6.42 Å². The standard InChI is InChI=1S/C14H19N3/c1-11(8-13-6-4-3-5-7-13)17-12(2)14-9-15-16-10-14/h3-7,9-12,17H,8H2,1-2H3,(H,15,16). The van der Waals surface area contributed by atoms with Crippen LogP contribution in [0.25, 0.3) is 0 Å². The van der Waals surface area contributed by atoms with Gasteiger partial charge >= 0.3 is 0 Å². The summed E-state index contributed by atoms with van der Waals surface area (Å²) in [6.45, 7) is 4.37. The monoisotopic (exact) mass is 229 g/mol. The van der Waals surface area contributed by atoms with Crippen molar-refractivity contribution in [2.45, 2.75) is 32.4 Å². The van der Waals surface area contributed by atoms with Crippen LogP contribution in [0.1, 0.15) is 31.0 Å². The highest BCUT2D eigenvalue weighted by Crippen LogP contribution is 2.11. The summed E-state index contributed by atoms with van der Waals surface area (Å²) >= 11 is 0. The predicted molar refractivity (Wildman–Crippen MR) is 69.7 cm³/mol. The number of hydrogen-bond donors (Lipinski definition) is 2. The van der Waals surface area contributed by atoms with E-state index in [0.29, 0.717) is 12.1 Å². The summed E-state index contributed by atoms with van der Waals surface area (Å²) in [7, 11) is 0. The van der Waals surface area contributed by atoms with Gasteiger partial charge in [0.2, 0.25) is 0 Å². The molecule has 1 aromatic carbocycles. The number of hydrogen-bond acceptors (Lipinski definition) is 2. The molecule has 1 heterocycles. The van der Waals surface area contributed by atoms with Crippen molar-refractivity contribution in [2.75, 3.05) is 0 Å². The largest absolute Gasteiger partial charge is 0.307 e. The molecule has 2 N–H and O–H groups in total.